The van der Waals surface area contributed by atoms with E-state index in [2.05, 4.69) is 6.92 Å². The lowest BCUT2D eigenvalue weighted by Gasteiger charge is -2.25. The van der Waals surface area contributed by atoms with Crippen molar-refractivity contribution in [3.05, 3.63) is 0 Å². The number of fused-ring (bicyclic) bond motifs is 1. The Bertz CT molecular complexity index is 275. The van der Waals surface area contributed by atoms with Gasteiger partial charge in [0.2, 0.25) is 0 Å². The molecule has 0 aromatic heterocycles. The molecule has 0 aliphatic heterocycles. The van der Waals surface area contributed by atoms with Gasteiger partial charge in [-0.3, -0.25) is 4.79 Å². The fourth-order valence-electron chi connectivity index (χ4n) is 3.80. The summed E-state index contributed by atoms with van der Waals surface area (Å²) in [5, 5.41) is 9.47. The van der Waals surface area contributed by atoms with Crippen molar-refractivity contribution in [3.8, 4) is 0 Å². The molecule has 2 aliphatic carbocycles. The molecule has 2 heteroatoms. The quantitative estimate of drug-likeness (QED) is 0.607. The first-order valence-corrected chi connectivity index (χ1v) is 7.91. The van der Waals surface area contributed by atoms with E-state index in [0.717, 1.165) is 37.5 Å². The zero-order chi connectivity index (χ0) is 13.0. The van der Waals surface area contributed by atoms with Crippen LogP contribution in [-0.2, 0) is 4.79 Å². The maximum absolute atomic E-state index is 11.5. The molecule has 0 spiro atoms. The van der Waals surface area contributed by atoms with Crippen molar-refractivity contribution in [3.63, 3.8) is 0 Å². The van der Waals surface area contributed by atoms with Gasteiger partial charge in [-0.25, -0.2) is 0 Å². The minimum absolute atomic E-state index is 0.322. The Morgan fingerprint density at radius 1 is 1.06 bits per heavy atom. The molecule has 2 atom stereocenters. The van der Waals surface area contributed by atoms with E-state index in [1.54, 1.807) is 0 Å². The van der Waals surface area contributed by atoms with Gasteiger partial charge in [0.1, 0.15) is 0 Å². The Hall–Kier alpha value is -0.530. The Kier molecular flexibility index (Phi) is 4.69. The molecule has 1 N–H and O–H groups in total. The van der Waals surface area contributed by atoms with E-state index in [4.69, 9.17) is 0 Å². The minimum atomic E-state index is -0.513. The molecule has 0 radical (unpaired) electrons. The highest BCUT2D eigenvalue weighted by atomic mass is 16.4. The predicted octanol–water partition coefficient (Wildman–Crippen LogP) is 4.63. The zero-order valence-corrected chi connectivity index (χ0v) is 11.8. The molecular formula is C16H28O2. The van der Waals surface area contributed by atoms with Crippen molar-refractivity contribution in [2.24, 2.45) is 17.3 Å². The SMILES string of the molecule is CCCCCCCCCC1(C(=O)O)CC2CC2C1. The van der Waals surface area contributed by atoms with Crippen molar-refractivity contribution in [2.75, 3.05) is 0 Å². The first kappa shape index (κ1) is 13.9. The predicted molar refractivity (Wildman–Crippen MR) is 73.5 cm³/mol. The molecule has 18 heavy (non-hydrogen) atoms. The van der Waals surface area contributed by atoms with E-state index in [9.17, 15) is 9.90 Å². The van der Waals surface area contributed by atoms with Gasteiger partial charge >= 0.3 is 5.97 Å². The Labute approximate surface area is 111 Å². The maximum atomic E-state index is 11.5. The average molecular weight is 252 g/mol. The van der Waals surface area contributed by atoms with Gasteiger partial charge in [-0.1, -0.05) is 51.9 Å². The summed E-state index contributed by atoms with van der Waals surface area (Å²) in [5.74, 6) is 1.02. The standard InChI is InChI=1S/C16H28O2/c1-2-3-4-5-6-7-8-9-16(15(17)18)11-13-10-14(13)12-16/h13-14H,2-12H2,1H3,(H,17,18). The molecule has 0 aromatic carbocycles. The van der Waals surface area contributed by atoms with Gasteiger partial charge in [0.15, 0.2) is 0 Å². The topological polar surface area (TPSA) is 37.3 Å². The van der Waals surface area contributed by atoms with Crippen molar-refractivity contribution < 1.29 is 9.90 Å². The molecule has 2 aliphatic rings. The molecule has 2 nitrogen and oxygen atoms in total. The molecule has 0 amide bonds. The summed E-state index contributed by atoms with van der Waals surface area (Å²) in [4.78, 5) is 11.5. The molecule has 0 bridgehead atoms. The van der Waals surface area contributed by atoms with Gasteiger partial charge in [-0.15, -0.1) is 0 Å². The monoisotopic (exact) mass is 252 g/mol. The van der Waals surface area contributed by atoms with E-state index in [1.165, 1.54) is 44.9 Å². The van der Waals surface area contributed by atoms with Crippen LogP contribution in [0.5, 0.6) is 0 Å². The van der Waals surface area contributed by atoms with Gasteiger partial charge in [-0.2, -0.15) is 0 Å². The summed E-state index contributed by atoms with van der Waals surface area (Å²) < 4.78 is 0. The van der Waals surface area contributed by atoms with Crippen molar-refractivity contribution in [1.29, 1.82) is 0 Å². The van der Waals surface area contributed by atoms with E-state index >= 15 is 0 Å². The first-order chi connectivity index (χ1) is 8.68. The van der Waals surface area contributed by atoms with Crippen LogP contribution >= 0.6 is 0 Å². The zero-order valence-electron chi connectivity index (χ0n) is 11.8. The summed E-state index contributed by atoms with van der Waals surface area (Å²) in [6.45, 7) is 2.24. The number of carboxylic acids is 1. The highest BCUT2D eigenvalue weighted by Gasteiger charge is 2.56. The number of carbonyl (C=O) groups is 1. The smallest absolute Gasteiger partial charge is 0.309 e. The van der Waals surface area contributed by atoms with E-state index < -0.39 is 5.97 Å². The Morgan fingerprint density at radius 3 is 2.17 bits per heavy atom. The second-order valence-corrected chi connectivity index (χ2v) is 6.62. The van der Waals surface area contributed by atoms with Crippen LogP contribution in [0.2, 0.25) is 0 Å². The van der Waals surface area contributed by atoms with Crippen LogP contribution in [-0.4, -0.2) is 11.1 Å². The largest absolute Gasteiger partial charge is 0.481 e. The van der Waals surface area contributed by atoms with Gasteiger partial charge in [0, 0.05) is 0 Å². The Morgan fingerprint density at radius 2 is 1.61 bits per heavy atom. The third-order valence-corrected chi connectivity index (χ3v) is 5.09. The number of aliphatic carboxylic acids is 1. The normalized spacial score (nSPS) is 33.4. The number of carboxylic acid groups (broad SMARTS) is 1. The lowest BCUT2D eigenvalue weighted by Crippen LogP contribution is -2.29. The second kappa shape index (κ2) is 6.08. The van der Waals surface area contributed by atoms with Gasteiger partial charge in [0.25, 0.3) is 0 Å². The number of rotatable bonds is 9. The highest BCUT2D eigenvalue weighted by molar-refractivity contribution is 5.75. The number of hydrogen-bond donors (Lipinski definition) is 1. The summed E-state index contributed by atoms with van der Waals surface area (Å²) in [6.07, 6.45) is 13.2. The third-order valence-electron chi connectivity index (χ3n) is 5.09. The van der Waals surface area contributed by atoms with Crippen molar-refractivity contribution >= 4 is 5.97 Å². The summed E-state index contributed by atoms with van der Waals surface area (Å²) in [6, 6.07) is 0. The molecule has 0 saturated heterocycles. The Balaban J connectivity index is 1.61. The summed E-state index contributed by atoms with van der Waals surface area (Å²) in [5.41, 5.74) is -0.322. The van der Waals surface area contributed by atoms with Crippen molar-refractivity contribution in [1.82, 2.24) is 0 Å². The van der Waals surface area contributed by atoms with Crippen LogP contribution in [0.25, 0.3) is 0 Å². The highest BCUT2D eigenvalue weighted by Crippen LogP contribution is 2.61. The number of unbranched alkanes of at least 4 members (excludes halogenated alkanes) is 6. The summed E-state index contributed by atoms with van der Waals surface area (Å²) >= 11 is 0. The third kappa shape index (κ3) is 3.27. The van der Waals surface area contributed by atoms with Crippen LogP contribution in [0.15, 0.2) is 0 Å². The lowest BCUT2D eigenvalue weighted by molar-refractivity contribution is -0.149. The lowest BCUT2D eigenvalue weighted by atomic mass is 9.78. The molecule has 104 valence electrons. The number of hydrogen-bond acceptors (Lipinski definition) is 1. The molecule has 2 fully saturated rings. The first-order valence-electron chi connectivity index (χ1n) is 7.91. The maximum Gasteiger partial charge on any atom is 0.309 e. The van der Waals surface area contributed by atoms with Gasteiger partial charge in [0.05, 0.1) is 5.41 Å². The second-order valence-electron chi connectivity index (χ2n) is 6.62. The molecular weight excluding hydrogens is 224 g/mol. The molecule has 0 aromatic rings. The van der Waals surface area contributed by atoms with Crippen LogP contribution in [0.3, 0.4) is 0 Å². The van der Waals surface area contributed by atoms with Crippen LogP contribution in [0, 0.1) is 17.3 Å². The average Bonchev–Trinajstić information content (AvgIpc) is 2.96. The van der Waals surface area contributed by atoms with Gasteiger partial charge in [-0.05, 0) is 37.5 Å². The molecule has 2 saturated carbocycles. The van der Waals surface area contributed by atoms with Crippen LogP contribution in [0.1, 0.15) is 77.6 Å². The van der Waals surface area contributed by atoms with Crippen LogP contribution < -0.4 is 0 Å². The van der Waals surface area contributed by atoms with Crippen molar-refractivity contribution in [2.45, 2.75) is 77.6 Å². The molecule has 2 rings (SSSR count). The van der Waals surface area contributed by atoms with E-state index in [-0.39, 0.29) is 5.41 Å². The fourth-order valence-corrected chi connectivity index (χ4v) is 3.80. The molecule has 0 heterocycles. The molecule has 2 unspecified atom stereocenters. The summed E-state index contributed by atoms with van der Waals surface area (Å²) in [7, 11) is 0. The van der Waals surface area contributed by atoms with Crippen LogP contribution in [0.4, 0.5) is 0 Å². The van der Waals surface area contributed by atoms with E-state index in [0.29, 0.717) is 0 Å². The van der Waals surface area contributed by atoms with Gasteiger partial charge < -0.3 is 5.11 Å². The van der Waals surface area contributed by atoms with E-state index in [1.807, 2.05) is 0 Å². The minimum Gasteiger partial charge on any atom is -0.481 e. The fraction of sp³-hybridized carbons (Fsp3) is 0.938.